The van der Waals surface area contributed by atoms with Crippen LogP contribution >= 0.6 is 0 Å². The smallest absolute Gasteiger partial charge is 0.0594 e. The van der Waals surface area contributed by atoms with Gasteiger partial charge in [0.25, 0.3) is 0 Å². The van der Waals surface area contributed by atoms with E-state index in [4.69, 9.17) is 4.74 Å². The molecule has 1 unspecified atom stereocenters. The zero-order chi connectivity index (χ0) is 11.1. The second kappa shape index (κ2) is 7.20. The van der Waals surface area contributed by atoms with Crippen LogP contribution < -0.4 is 5.32 Å². The summed E-state index contributed by atoms with van der Waals surface area (Å²) in [6.07, 6.45) is 2.91. The lowest BCUT2D eigenvalue weighted by atomic mass is 10.2. The van der Waals surface area contributed by atoms with Crippen LogP contribution in [0.4, 0.5) is 0 Å². The minimum atomic E-state index is 0.354. The van der Waals surface area contributed by atoms with Crippen LogP contribution in [0, 0.1) is 0 Å². The average Bonchev–Trinajstić information content (AvgIpc) is 2.61. The molecule has 1 N–H and O–H groups in total. The minimum Gasteiger partial charge on any atom is -0.377 e. The number of nitrogens with zero attached hydrogens (tertiary/aromatic N) is 1. The summed E-state index contributed by atoms with van der Waals surface area (Å²) in [5.41, 5.74) is 0. The highest BCUT2D eigenvalue weighted by Crippen LogP contribution is 2.08. The molecule has 1 rings (SSSR count). The lowest BCUT2D eigenvalue weighted by molar-refractivity contribution is 0.0794. The molecule has 0 aliphatic carbocycles. The van der Waals surface area contributed by atoms with E-state index in [0.717, 1.165) is 13.2 Å². The molecule has 3 heteroatoms. The summed E-state index contributed by atoms with van der Waals surface area (Å²) in [6, 6.07) is 0.687. The lowest BCUT2D eigenvalue weighted by Gasteiger charge is -2.16. The Morgan fingerprint density at radius 1 is 1.47 bits per heavy atom. The molecule has 0 saturated carbocycles. The molecule has 1 aliphatic heterocycles. The fraction of sp³-hybridized carbons (Fsp3) is 1.00. The van der Waals surface area contributed by atoms with Crippen LogP contribution in [-0.4, -0.2) is 49.8 Å². The summed E-state index contributed by atoms with van der Waals surface area (Å²) in [5, 5.41) is 3.56. The van der Waals surface area contributed by atoms with E-state index in [0.29, 0.717) is 12.1 Å². The van der Waals surface area contributed by atoms with E-state index >= 15 is 0 Å². The van der Waals surface area contributed by atoms with Crippen LogP contribution in [0.1, 0.15) is 33.6 Å². The van der Waals surface area contributed by atoms with Crippen molar-refractivity contribution < 1.29 is 4.74 Å². The highest BCUT2D eigenvalue weighted by molar-refractivity contribution is 4.80. The third-order valence-electron chi connectivity index (χ3n) is 2.80. The van der Waals surface area contributed by atoms with Gasteiger partial charge in [0.1, 0.15) is 0 Å². The highest BCUT2D eigenvalue weighted by atomic mass is 16.5. The van der Waals surface area contributed by atoms with Crippen molar-refractivity contribution >= 4 is 0 Å². The Labute approximate surface area is 94.2 Å². The first kappa shape index (κ1) is 12.9. The second-order valence-electron chi connectivity index (χ2n) is 4.66. The molecule has 15 heavy (non-hydrogen) atoms. The Morgan fingerprint density at radius 2 is 2.27 bits per heavy atom. The van der Waals surface area contributed by atoms with Crippen molar-refractivity contribution in [2.75, 3.05) is 32.8 Å². The first-order valence-electron chi connectivity index (χ1n) is 6.29. The summed E-state index contributed by atoms with van der Waals surface area (Å²) >= 11 is 0. The molecule has 1 fully saturated rings. The molecule has 90 valence electrons. The molecule has 1 atom stereocenters. The third kappa shape index (κ3) is 5.50. The molecule has 0 aromatic heterocycles. The molecule has 1 saturated heterocycles. The van der Waals surface area contributed by atoms with Crippen molar-refractivity contribution in [3.63, 3.8) is 0 Å². The number of nitrogens with one attached hydrogen (secondary N) is 1. The molecule has 0 aromatic carbocycles. The number of likely N-dealkylation sites (tertiary alicyclic amines) is 1. The van der Waals surface area contributed by atoms with Gasteiger partial charge in [-0.25, -0.2) is 0 Å². The maximum Gasteiger partial charge on any atom is 0.0594 e. The third-order valence-corrected chi connectivity index (χ3v) is 2.80. The Bertz CT molecular complexity index is 162. The van der Waals surface area contributed by atoms with E-state index < -0.39 is 0 Å². The van der Waals surface area contributed by atoms with Crippen molar-refractivity contribution in [1.82, 2.24) is 10.2 Å². The largest absolute Gasteiger partial charge is 0.377 e. The van der Waals surface area contributed by atoms with Gasteiger partial charge in [-0.3, -0.25) is 0 Å². The van der Waals surface area contributed by atoms with Gasteiger partial charge in [0.05, 0.1) is 12.7 Å². The molecule has 1 aliphatic rings. The fourth-order valence-corrected chi connectivity index (χ4v) is 2.08. The van der Waals surface area contributed by atoms with Crippen LogP contribution in [0.5, 0.6) is 0 Å². The molecule has 0 spiro atoms. The number of ether oxygens (including phenoxy) is 1. The van der Waals surface area contributed by atoms with Crippen molar-refractivity contribution in [1.29, 1.82) is 0 Å². The van der Waals surface area contributed by atoms with Gasteiger partial charge in [-0.2, -0.15) is 0 Å². The normalized spacial score (nSPS) is 22.8. The van der Waals surface area contributed by atoms with Crippen LogP contribution in [0.15, 0.2) is 0 Å². The predicted molar refractivity (Wildman–Crippen MR) is 64.2 cm³/mol. The summed E-state index contributed by atoms with van der Waals surface area (Å²) in [7, 11) is 0. The molecule has 0 bridgehead atoms. The van der Waals surface area contributed by atoms with Crippen molar-refractivity contribution in [2.24, 2.45) is 0 Å². The van der Waals surface area contributed by atoms with E-state index in [2.05, 4.69) is 31.0 Å². The maximum atomic E-state index is 5.50. The SMILES string of the molecule is CCCN1CCC(NCCOC(C)C)C1. The Balaban J connectivity index is 1.99. The average molecular weight is 214 g/mol. The van der Waals surface area contributed by atoms with Gasteiger partial charge in [-0.1, -0.05) is 6.92 Å². The number of rotatable bonds is 7. The Hall–Kier alpha value is -0.120. The zero-order valence-electron chi connectivity index (χ0n) is 10.5. The summed E-state index contributed by atoms with van der Waals surface area (Å²) in [4.78, 5) is 2.54. The van der Waals surface area contributed by atoms with E-state index in [9.17, 15) is 0 Å². The van der Waals surface area contributed by atoms with Crippen LogP contribution in [0.2, 0.25) is 0 Å². The van der Waals surface area contributed by atoms with Gasteiger partial charge in [0.2, 0.25) is 0 Å². The predicted octanol–water partition coefficient (Wildman–Crippen LogP) is 1.49. The van der Waals surface area contributed by atoms with Crippen LogP contribution in [-0.2, 0) is 4.74 Å². The quantitative estimate of drug-likeness (QED) is 0.650. The monoisotopic (exact) mass is 214 g/mol. The van der Waals surface area contributed by atoms with Crippen molar-refractivity contribution in [3.05, 3.63) is 0 Å². The number of hydrogen-bond acceptors (Lipinski definition) is 3. The van der Waals surface area contributed by atoms with E-state index in [-0.39, 0.29) is 0 Å². The Morgan fingerprint density at radius 3 is 2.93 bits per heavy atom. The van der Waals surface area contributed by atoms with E-state index in [1.54, 1.807) is 0 Å². The molecule has 1 heterocycles. The fourth-order valence-electron chi connectivity index (χ4n) is 2.08. The Kier molecular flexibility index (Phi) is 6.22. The zero-order valence-corrected chi connectivity index (χ0v) is 10.5. The van der Waals surface area contributed by atoms with Crippen LogP contribution in [0.25, 0.3) is 0 Å². The highest BCUT2D eigenvalue weighted by Gasteiger charge is 2.20. The molecular weight excluding hydrogens is 188 g/mol. The summed E-state index contributed by atoms with van der Waals surface area (Å²) < 4.78 is 5.50. The summed E-state index contributed by atoms with van der Waals surface area (Å²) in [5.74, 6) is 0. The number of hydrogen-bond donors (Lipinski definition) is 1. The maximum absolute atomic E-state index is 5.50. The molecule has 0 radical (unpaired) electrons. The standard InChI is InChI=1S/C12H26N2O/c1-4-7-14-8-5-12(10-14)13-6-9-15-11(2)3/h11-13H,4-10H2,1-3H3. The molecule has 3 nitrogen and oxygen atoms in total. The van der Waals surface area contributed by atoms with Gasteiger partial charge in [0, 0.05) is 19.1 Å². The minimum absolute atomic E-state index is 0.354. The van der Waals surface area contributed by atoms with E-state index in [1.165, 1.54) is 32.5 Å². The molecular formula is C12H26N2O. The first-order valence-corrected chi connectivity index (χ1v) is 6.29. The van der Waals surface area contributed by atoms with Gasteiger partial charge < -0.3 is 15.0 Å². The first-order chi connectivity index (χ1) is 7.22. The summed E-state index contributed by atoms with van der Waals surface area (Å²) in [6.45, 7) is 12.0. The van der Waals surface area contributed by atoms with E-state index in [1.807, 2.05) is 0 Å². The molecule has 0 aromatic rings. The van der Waals surface area contributed by atoms with Crippen molar-refractivity contribution in [2.45, 2.75) is 45.8 Å². The lowest BCUT2D eigenvalue weighted by Crippen LogP contribution is -2.35. The van der Waals surface area contributed by atoms with Crippen molar-refractivity contribution in [3.8, 4) is 0 Å². The van der Waals surface area contributed by atoms with Gasteiger partial charge in [0.15, 0.2) is 0 Å². The van der Waals surface area contributed by atoms with Gasteiger partial charge in [-0.15, -0.1) is 0 Å². The molecule has 0 amide bonds. The second-order valence-corrected chi connectivity index (χ2v) is 4.66. The topological polar surface area (TPSA) is 24.5 Å². The van der Waals surface area contributed by atoms with Crippen LogP contribution in [0.3, 0.4) is 0 Å². The van der Waals surface area contributed by atoms with Gasteiger partial charge in [-0.05, 0) is 39.8 Å². The van der Waals surface area contributed by atoms with Gasteiger partial charge >= 0.3 is 0 Å².